The molecule has 3 aromatic rings. The molecule has 2 aromatic carbocycles. The molecule has 7 nitrogen and oxygen atoms in total. The maximum atomic E-state index is 12.8. The average Bonchev–Trinajstić information content (AvgIpc) is 3.20. The molecule has 0 spiro atoms. The number of carbonyl (C=O) groups excluding carboxylic acids is 1. The van der Waals surface area contributed by atoms with Gasteiger partial charge in [-0.2, -0.15) is 4.98 Å². The number of benzene rings is 2. The van der Waals surface area contributed by atoms with E-state index in [4.69, 9.17) is 14.0 Å². The molecular weight excluding hydrogens is 378 g/mol. The van der Waals surface area contributed by atoms with Crippen molar-refractivity contribution in [1.29, 1.82) is 0 Å². The number of fused-ring (bicyclic) bond motifs is 1. The van der Waals surface area contributed by atoms with Crippen molar-refractivity contribution >= 4 is 23.4 Å². The molecule has 1 N–H and O–H groups in total. The Bertz CT molecular complexity index is 1030. The molecule has 1 aliphatic heterocycles. The van der Waals surface area contributed by atoms with Crippen LogP contribution in [-0.4, -0.2) is 21.8 Å². The minimum atomic E-state index is -0.707. The van der Waals surface area contributed by atoms with Crippen LogP contribution >= 0.6 is 11.8 Å². The summed E-state index contributed by atoms with van der Waals surface area (Å²) in [6.45, 7) is 5.44. The molecule has 0 saturated carbocycles. The van der Waals surface area contributed by atoms with E-state index < -0.39 is 5.79 Å². The number of nitrogens with zero attached hydrogens (tertiary/aromatic N) is 2. The second-order valence-electron chi connectivity index (χ2n) is 6.74. The van der Waals surface area contributed by atoms with Gasteiger partial charge in [-0.1, -0.05) is 17.3 Å². The summed E-state index contributed by atoms with van der Waals surface area (Å²) in [5.74, 6) is 1.96. The van der Waals surface area contributed by atoms with Crippen LogP contribution in [0, 0.1) is 6.92 Å². The molecule has 4 rings (SSSR count). The predicted molar refractivity (Wildman–Crippen MR) is 105 cm³/mol. The first kappa shape index (κ1) is 18.4. The van der Waals surface area contributed by atoms with Gasteiger partial charge in [0.1, 0.15) is 0 Å². The molecule has 8 heteroatoms. The average molecular weight is 397 g/mol. The van der Waals surface area contributed by atoms with Gasteiger partial charge in [-0.15, -0.1) is 11.8 Å². The molecule has 0 saturated heterocycles. The van der Waals surface area contributed by atoms with Crippen LogP contribution in [0.25, 0.3) is 0 Å². The SMILES string of the molecule is Cc1noc(CSc2ccccc2C(=O)Nc2ccc3c(c2)OC(C)(C)O3)n1. The molecule has 2 heterocycles. The molecule has 1 aliphatic rings. The number of amides is 1. The highest BCUT2D eigenvalue weighted by atomic mass is 32.2. The Morgan fingerprint density at radius 2 is 1.93 bits per heavy atom. The first-order valence-electron chi connectivity index (χ1n) is 8.74. The van der Waals surface area contributed by atoms with E-state index in [2.05, 4.69) is 15.5 Å². The number of rotatable bonds is 5. The number of ether oxygens (including phenoxy) is 2. The summed E-state index contributed by atoms with van der Waals surface area (Å²) in [5, 5.41) is 6.70. The molecule has 0 radical (unpaired) electrons. The van der Waals surface area contributed by atoms with Crippen molar-refractivity contribution in [2.45, 2.75) is 37.2 Å². The predicted octanol–water partition coefficient (Wildman–Crippen LogP) is 4.43. The van der Waals surface area contributed by atoms with Crippen molar-refractivity contribution in [2.75, 3.05) is 5.32 Å². The quantitative estimate of drug-likeness (QED) is 0.637. The third-order valence-electron chi connectivity index (χ3n) is 3.97. The van der Waals surface area contributed by atoms with Gasteiger partial charge < -0.3 is 19.3 Å². The summed E-state index contributed by atoms with van der Waals surface area (Å²) >= 11 is 1.47. The number of nitrogens with one attached hydrogen (secondary N) is 1. The molecule has 28 heavy (non-hydrogen) atoms. The van der Waals surface area contributed by atoms with Crippen LogP contribution in [0.15, 0.2) is 51.9 Å². The van der Waals surface area contributed by atoms with Gasteiger partial charge in [0.2, 0.25) is 11.7 Å². The third-order valence-corrected chi connectivity index (χ3v) is 5.02. The van der Waals surface area contributed by atoms with Crippen LogP contribution < -0.4 is 14.8 Å². The highest BCUT2D eigenvalue weighted by Gasteiger charge is 2.31. The zero-order valence-corrected chi connectivity index (χ0v) is 16.5. The van der Waals surface area contributed by atoms with Gasteiger partial charge in [0.15, 0.2) is 17.3 Å². The second kappa shape index (κ2) is 7.20. The molecule has 1 amide bonds. The van der Waals surface area contributed by atoms with Gasteiger partial charge in [0, 0.05) is 30.5 Å². The van der Waals surface area contributed by atoms with E-state index >= 15 is 0 Å². The van der Waals surface area contributed by atoms with E-state index in [0.717, 1.165) is 4.90 Å². The lowest BCUT2D eigenvalue weighted by molar-refractivity contribution is -0.0431. The standard InChI is InChI=1S/C20H19N3O4S/c1-12-21-18(27-23-12)11-28-17-7-5-4-6-14(17)19(24)22-13-8-9-15-16(10-13)26-20(2,3)25-15/h4-10H,11H2,1-3H3,(H,22,24). The monoisotopic (exact) mass is 397 g/mol. The van der Waals surface area contributed by atoms with Crippen molar-refractivity contribution in [3.63, 3.8) is 0 Å². The van der Waals surface area contributed by atoms with E-state index in [1.807, 2.05) is 32.0 Å². The van der Waals surface area contributed by atoms with E-state index in [9.17, 15) is 4.79 Å². The molecule has 0 bridgehead atoms. The van der Waals surface area contributed by atoms with Crippen molar-refractivity contribution in [1.82, 2.24) is 10.1 Å². The smallest absolute Gasteiger partial charge is 0.256 e. The Hall–Kier alpha value is -3.00. The molecule has 144 valence electrons. The highest BCUT2D eigenvalue weighted by molar-refractivity contribution is 7.98. The molecule has 0 unspecified atom stereocenters. The van der Waals surface area contributed by atoms with Gasteiger partial charge in [-0.05, 0) is 31.2 Å². The van der Waals surface area contributed by atoms with Crippen LogP contribution in [0.2, 0.25) is 0 Å². The van der Waals surface area contributed by atoms with Gasteiger partial charge >= 0.3 is 0 Å². The number of aryl methyl sites for hydroxylation is 1. The fraction of sp³-hybridized carbons (Fsp3) is 0.250. The largest absolute Gasteiger partial charge is 0.449 e. The fourth-order valence-electron chi connectivity index (χ4n) is 2.82. The van der Waals surface area contributed by atoms with Gasteiger partial charge in [-0.3, -0.25) is 4.79 Å². The summed E-state index contributed by atoms with van der Waals surface area (Å²) < 4.78 is 16.5. The Morgan fingerprint density at radius 3 is 2.71 bits per heavy atom. The first-order chi connectivity index (χ1) is 13.4. The molecule has 0 aliphatic carbocycles. The number of hydrogen-bond acceptors (Lipinski definition) is 7. The van der Waals surface area contributed by atoms with Crippen LogP contribution in [0.3, 0.4) is 0 Å². The third kappa shape index (κ3) is 3.96. The summed E-state index contributed by atoms with van der Waals surface area (Å²) in [7, 11) is 0. The number of aromatic nitrogens is 2. The van der Waals surface area contributed by atoms with Crippen LogP contribution in [-0.2, 0) is 5.75 Å². The van der Waals surface area contributed by atoms with Crippen molar-refractivity contribution in [2.24, 2.45) is 0 Å². The fourth-order valence-corrected chi connectivity index (χ4v) is 3.70. The maximum Gasteiger partial charge on any atom is 0.256 e. The second-order valence-corrected chi connectivity index (χ2v) is 7.76. The Balaban J connectivity index is 1.48. The summed E-state index contributed by atoms with van der Waals surface area (Å²) in [4.78, 5) is 17.8. The van der Waals surface area contributed by atoms with Crippen LogP contribution in [0.1, 0.15) is 35.9 Å². The van der Waals surface area contributed by atoms with E-state index in [1.165, 1.54) is 11.8 Å². The van der Waals surface area contributed by atoms with E-state index in [0.29, 0.717) is 40.2 Å². The normalized spacial score (nSPS) is 14.1. The lowest BCUT2D eigenvalue weighted by Crippen LogP contribution is -2.29. The Morgan fingerprint density at radius 1 is 1.14 bits per heavy atom. The molecule has 0 fully saturated rings. The van der Waals surface area contributed by atoms with Crippen LogP contribution in [0.5, 0.6) is 11.5 Å². The van der Waals surface area contributed by atoms with Gasteiger partial charge in [-0.25, -0.2) is 0 Å². The first-order valence-corrected chi connectivity index (χ1v) is 9.73. The molecule has 1 aromatic heterocycles. The zero-order valence-electron chi connectivity index (χ0n) is 15.7. The zero-order chi connectivity index (χ0) is 19.7. The lowest BCUT2D eigenvalue weighted by Gasteiger charge is -2.16. The van der Waals surface area contributed by atoms with Crippen molar-refractivity contribution in [3.8, 4) is 11.5 Å². The minimum absolute atomic E-state index is 0.206. The summed E-state index contributed by atoms with van der Waals surface area (Å²) in [6.07, 6.45) is 0. The number of hydrogen-bond donors (Lipinski definition) is 1. The molecular formula is C20H19N3O4S. The number of anilines is 1. The summed E-state index contributed by atoms with van der Waals surface area (Å²) in [6, 6.07) is 12.7. The highest BCUT2D eigenvalue weighted by Crippen LogP contribution is 2.40. The van der Waals surface area contributed by atoms with E-state index in [1.54, 1.807) is 31.2 Å². The topological polar surface area (TPSA) is 86.5 Å². The number of carbonyl (C=O) groups is 1. The minimum Gasteiger partial charge on any atom is -0.449 e. The van der Waals surface area contributed by atoms with Crippen LogP contribution in [0.4, 0.5) is 5.69 Å². The Labute approximate surface area is 166 Å². The van der Waals surface area contributed by atoms with E-state index in [-0.39, 0.29) is 5.91 Å². The van der Waals surface area contributed by atoms with Crippen molar-refractivity contribution < 1.29 is 18.8 Å². The lowest BCUT2D eigenvalue weighted by atomic mass is 10.2. The summed E-state index contributed by atoms with van der Waals surface area (Å²) in [5.41, 5.74) is 1.21. The Kier molecular flexibility index (Phi) is 4.72. The van der Waals surface area contributed by atoms with Gasteiger partial charge in [0.25, 0.3) is 5.91 Å². The van der Waals surface area contributed by atoms with Crippen molar-refractivity contribution in [3.05, 3.63) is 59.7 Å². The maximum absolute atomic E-state index is 12.8. The number of thioether (sulfide) groups is 1. The van der Waals surface area contributed by atoms with Gasteiger partial charge in [0.05, 0.1) is 11.3 Å². The molecule has 0 atom stereocenters.